The number of rotatable bonds is 1. The molecule has 1 aliphatic carbocycles. The van der Waals surface area contributed by atoms with Crippen LogP contribution >= 0.6 is 0 Å². The van der Waals surface area contributed by atoms with E-state index in [1.54, 1.807) is 0 Å². The summed E-state index contributed by atoms with van der Waals surface area (Å²) in [4.78, 5) is 0. The Morgan fingerprint density at radius 3 is 2.33 bits per heavy atom. The monoisotopic (exact) mass is 219 g/mol. The summed E-state index contributed by atoms with van der Waals surface area (Å²) in [6.45, 7) is 1.45. The molecule has 1 saturated heterocycles. The van der Waals surface area contributed by atoms with Crippen LogP contribution in [-0.2, 0) is 4.74 Å². The van der Waals surface area contributed by atoms with Crippen LogP contribution in [0, 0.1) is 5.92 Å². The summed E-state index contributed by atoms with van der Waals surface area (Å²) < 4.78 is 31.4. The first-order valence-corrected chi connectivity index (χ1v) is 5.76. The standard InChI is InChI=1S/C11H19F2NO/c12-11(13)5-3-10(14,4-6-11)9-2-1-7-15-8-9/h9H,1-8,14H2. The summed E-state index contributed by atoms with van der Waals surface area (Å²) in [7, 11) is 0. The highest BCUT2D eigenvalue weighted by Crippen LogP contribution is 2.42. The Morgan fingerprint density at radius 1 is 1.13 bits per heavy atom. The maximum Gasteiger partial charge on any atom is 0.248 e. The molecule has 1 saturated carbocycles. The van der Waals surface area contributed by atoms with E-state index in [9.17, 15) is 8.78 Å². The fraction of sp³-hybridized carbons (Fsp3) is 1.00. The molecular formula is C11H19F2NO. The van der Waals surface area contributed by atoms with Gasteiger partial charge in [0.15, 0.2) is 0 Å². The zero-order valence-electron chi connectivity index (χ0n) is 8.98. The number of hydrogen-bond donors (Lipinski definition) is 1. The number of alkyl halides is 2. The van der Waals surface area contributed by atoms with Gasteiger partial charge in [0.2, 0.25) is 5.92 Å². The van der Waals surface area contributed by atoms with Gasteiger partial charge in [-0.2, -0.15) is 0 Å². The summed E-state index contributed by atoms with van der Waals surface area (Å²) in [6.07, 6.45) is 2.81. The van der Waals surface area contributed by atoms with Crippen LogP contribution in [0.15, 0.2) is 0 Å². The maximum absolute atomic E-state index is 13.0. The fourth-order valence-electron chi connectivity index (χ4n) is 2.68. The first-order chi connectivity index (χ1) is 7.02. The van der Waals surface area contributed by atoms with Crippen molar-refractivity contribution in [2.75, 3.05) is 13.2 Å². The molecule has 15 heavy (non-hydrogen) atoms. The normalized spacial score (nSPS) is 35.0. The van der Waals surface area contributed by atoms with Gasteiger partial charge in [-0.25, -0.2) is 8.78 Å². The van der Waals surface area contributed by atoms with Crippen LogP contribution < -0.4 is 5.73 Å². The van der Waals surface area contributed by atoms with Crippen LogP contribution in [0.25, 0.3) is 0 Å². The fourth-order valence-corrected chi connectivity index (χ4v) is 2.68. The van der Waals surface area contributed by atoms with Gasteiger partial charge in [0.25, 0.3) is 0 Å². The van der Waals surface area contributed by atoms with Crippen molar-refractivity contribution in [3.63, 3.8) is 0 Å². The lowest BCUT2D eigenvalue weighted by molar-refractivity contribution is -0.0726. The van der Waals surface area contributed by atoms with Crippen molar-refractivity contribution in [2.24, 2.45) is 11.7 Å². The zero-order chi connectivity index (χ0) is 10.9. The minimum Gasteiger partial charge on any atom is -0.381 e. The van der Waals surface area contributed by atoms with Crippen molar-refractivity contribution >= 4 is 0 Å². The molecule has 0 amide bonds. The van der Waals surface area contributed by atoms with Gasteiger partial charge in [0, 0.05) is 30.9 Å². The molecule has 0 bridgehead atoms. The van der Waals surface area contributed by atoms with Crippen LogP contribution in [0.2, 0.25) is 0 Å². The van der Waals surface area contributed by atoms with E-state index in [1.165, 1.54) is 0 Å². The molecule has 0 aromatic carbocycles. The van der Waals surface area contributed by atoms with Crippen molar-refractivity contribution < 1.29 is 13.5 Å². The molecule has 2 nitrogen and oxygen atoms in total. The van der Waals surface area contributed by atoms with Gasteiger partial charge >= 0.3 is 0 Å². The zero-order valence-corrected chi connectivity index (χ0v) is 8.98. The molecule has 0 radical (unpaired) electrons. The first kappa shape index (κ1) is 11.3. The van der Waals surface area contributed by atoms with Gasteiger partial charge in [-0.1, -0.05) is 0 Å². The van der Waals surface area contributed by atoms with Crippen molar-refractivity contribution in [1.29, 1.82) is 0 Å². The summed E-state index contributed by atoms with van der Waals surface area (Å²) in [5.74, 6) is -2.21. The minimum absolute atomic E-state index is 0.0556. The van der Waals surface area contributed by atoms with Crippen LogP contribution in [0.4, 0.5) is 8.78 Å². The molecule has 0 spiro atoms. The van der Waals surface area contributed by atoms with Crippen LogP contribution in [0.5, 0.6) is 0 Å². The topological polar surface area (TPSA) is 35.2 Å². The predicted octanol–water partition coefficient (Wildman–Crippen LogP) is 2.32. The van der Waals surface area contributed by atoms with Gasteiger partial charge in [-0.15, -0.1) is 0 Å². The Kier molecular flexibility index (Phi) is 2.99. The Morgan fingerprint density at radius 2 is 1.80 bits per heavy atom. The lowest BCUT2D eigenvalue weighted by Gasteiger charge is -2.44. The third-order valence-corrected chi connectivity index (χ3v) is 3.89. The van der Waals surface area contributed by atoms with E-state index in [0.29, 0.717) is 19.4 Å². The van der Waals surface area contributed by atoms with E-state index in [-0.39, 0.29) is 18.8 Å². The second-order valence-electron chi connectivity index (χ2n) is 5.00. The number of nitrogens with two attached hydrogens (primary N) is 1. The highest BCUT2D eigenvalue weighted by molar-refractivity contribution is 4.97. The second kappa shape index (κ2) is 3.98. The average Bonchev–Trinajstić information content (AvgIpc) is 2.24. The third-order valence-electron chi connectivity index (χ3n) is 3.89. The van der Waals surface area contributed by atoms with Gasteiger partial charge in [0.05, 0.1) is 6.61 Å². The van der Waals surface area contributed by atoms with Crippen molar-refractivity contribution in [1.82, 2.24) is 0 Å². The second-order valence-corrected chi connectivity index (χ2v) is 5.00. The van der Waals surface area contributed by atoms with E-state index in [4.69, 9.17) is 10.5 Å². The first-order valence-electron chi connectivity index (χ1n) is 5.76. The molecular weight excluding hydrogens is 200 g/mol. The van der Waals surface area contributed by atoms with E-state index in [1.807, 2.05) is 0 Å². The molecule has 1 aliphatic heterocycles. The molecule has 1 atom stereocenters. The van der Waals surface area contributed by atoms with E-state index in [0.717, 1.165) is 19.4 Å². The average molecular weight is 219 g/mol. The summed E-state index contributed by atoms with van der Waals surface area (Å²) in [6, 6.07) is 0. The highest BCUT2D eigenvalue weighted by Gasteiger charge is 2.45. The molecule has 2 fully saturated rings. The third kappa shape index (κ3) is 2.48. The van der Waals surface area contributed by atoms with Gasteiger partial charge in [-0.3, -0.25) is 0 Å². The molecule has 88 valence electrons. The minimum atomic E-state index is -2.49. The van der Waals surface area contributed by atoms with E-state index in [2.05, 4.69) is 0 Å². The number of halogens is 2. The molecule has 1 heterocycles. The Hall–Kier alpha value is -0.220. The van der Waals surface area contributed by atoms with Crippen molar-refractivity contribution in [3.8, 4) is 0 Å². The SMILES string of the molecule is NC1(C2CCCOC2)CCC(F)(F)CC1. The van der Waals surface area contributed by atoms with Crippen LogP contribution in [-0.4, -0.2) is 24.7 Å². The van der Waals surface area contributed by atoms with Crippen LogP contribution in [0.3, 0.4) is 0 Å². The number of ether oxygens (including phenoxy) is 1. The number of hydrogen-bond acceptors (Lipinski definition) is 2. The summed E-state index contributed by atoms with van der Waals surface area (Å²) in [5, 5.41) is 0. The quantitative estimate of drug-likeness (QED) is 0.734. The van der Waals surface area contributed by atoms with Crippen LogP contribution in [0.1, 0.15) is 38.5 Å². The van der Waals surface area contributed by atoms with Crippen molar-refractivity contribution in [3.05, 3.63) is 0 Å². The molecule has 2 N–H and O–H groups in total. The highest BCUT2D eigenvalue weighted by atomic mass is 19.3. The Labute approximate surface area is 89.2 Å². The molecule has 2 aliphatic rings. The Balaban J connectivity index is 1.95. The summed E-state index contributed by atoms with van der Waals surface area (Å²) >= 11 is 0. The lowest BCUT2D eigenvalue weighted by Crippen LogP contribution is -2.54. The molecule has 0 aromatic heterocycles. The molecule has 4 heteroatoms. The van der Waals surface area contributed by atoms with Crippen molar-refractivity contribution in [2.45, 2.75) is 50.0 Å². The maximum atomic E-state index is 13.0. The smallest absolute Gasteiger partial charge is 0.248 e. The molecule has 0 aromatic rings. The lowest BCUT2D eigenvalue weighted by atomic mass is 9.70. The Bertz CT molecular complexity index is 217. The summed E-state index contributed by atoms with van der Waals surface area (Å²) in [5.41, 5.74) is 5.84. The van der Waals surface area contributed by atoms with E-state index < -0.39 is 11.5 Å². The molecule has 1 unspecified atom stereocenters. The predicted molar refractivity (Wildman–Crippen MR) is 53.9 cm³/mol. The van der Waals surface area contributed by atoms with Gasteiger partial charge < -0.3 is 10.5 Å². The molecule has 2 rings (SSSR count). The van der Waals surface area contributed by atoms with Gasteiger partial charge in [-0.05, 0) is 25.7 Å². The van der Waals surface area contributed by atoms with Gasteiger partial charge in [0.1, 0.15) is 0 Å². The van der Waals surface area contributed by atoms with E-state index >= 15 is 0 Å². The largest absolute Gasteiger partial charge is 0.381 e.